The molecule has 0 spiro atoms. The second-order valence-corrected chi connectivity index (χ2v) is 4.03. The molecule has 1 aromatic rings. The van der Waals surface area contributed by atoms with Crippen molar-refractivity contribution in [3.05, 3.63) is 23.2 Å². The number of nitrogens with two attached hydrogens (primary N) is 1. The number of rotatable bonds is 1. The van der Waals surface area contributed by atoms with E-state index >= 15 is 0 Å². The van der Waals surface area contributed by atoms with E-state index in [0.29, 0.717) is 42.6 Å². The lowest BCUT2D eigenvalue weighted by molar-refractivity contribution is -0.118. The number of anilines is 2. The van der Waals surface area contributed by atoms with Crippen LogP contribution in [-0.4, -0.2) is 25.7 Å². The Labute approximate surface area is 98.9 Å². The van der Waals surface area contributed by atoms with Crippen molar-refractivity contribution in [3.63, 3.8) is 0 Å². The first-order chi connectivity index (χ1) is 7.68. The van der Waals surface area contributed by atoms with Crippen molar-refractivity contribution in [2.24, 2.45) is 0 Å². The van der Waals surface area contributed by atoms with E-state index in [4.69, 9.17) is 22.1 Å². The van der Waals surface area contributed by atoms with E-state index in [0.717, 1.165) is 0 Å². The zero-order chi connectivity index (χ0) is 11.5. The average Bonchev–Trinajstić information content (AvgIpc) is 2.44. The van der Waals surface area contributed by atoms with Crippen LogP contribution in [0, 0.1) is 0 Å². The molecule has 0 bridgehead atoms. The van der Waals surface area contributed by atoms with Gasteiger partial charge in [-0.05, 0) is 18.2 Å². The fourth-order valence-electron chi connectivity index (χ4n) is 1.67. The summed E-state index contributed by atoms with van der Waals surface area (Å²) in [6, 6.07) is 5.15. The molecule has 1 aliphatic rings. The maximum absolute atomic E-state index is 11.8. The molecule has 0 unspecified atom stereocenters. The SMILES string of the molecule is Nc1ccc(N2CCOCCC2=O)c(Cl)c1. The number of carbonyl (C=O) groups is 1. The number of nitrogen functional groups attached to an aromatic ring is 1. The van der Waals surface area contributed by atoms with Gasteiger partial charge in [0.1, 0.15) is 0 Å². The summed E-state index contributed by atoms with van der Waals surface area (Å²) in [7, 11) is 0. The number of amides is 1. The molecule has 86 valence electrons. The Kier molecular flexibility index (Phi) is 3.31. The summed E-state index contributed by atoms with van der Waals surface area (Å²) in [6.45, 7) is 1.54. The van der Waals surface area contributed by atoms with Gasteiger partial charge in [0.15, 0.2) is 0 Å². The minimum atomic E-state index is 0.0316. The molecule has 5 heteroatoms. The van der Waals surface area contributed by atoms with Gasteiger partial charge in [-0.1, -0.05) is 11.6 Å². The number of hydrogen-bond donors (Lipinski definition) is 1. The average molecular weight is 241 g/mol. The molecule has 0 atom stereocenters. The Balaban J connectivity index is 2.30. The highest BCUT2D eigenvalue weighted by Crippen LogP contribution is 2.28. The van der Waals surface area contributed by atoms with Crippen LogP contribution in [0.3, 0.4) is 0 Å². The van der Waals surface area contributed by atoms with Gasteiger partial charge in [-0.3, -0.25) is 4.79 Å². The molecular weight excluding hydrogens is 228 g/mol. The van der Waals surface area contributed by atoms with E-state index in [1.54, 1.807) is 23.1 Å². The highest BCUT2D eigenvalue weighted by Gasteiger charge is 2.20. The van der Waals surface area contributed by atoms with E-state index in [1.807, 2.05) is 0 Å². The van der Waals surface area contributed by atoms with Crippen LogP contribution in [0.25, 0.3) is 0 Å². The number of hydrogen-bond acceptors (Lipinski definition) is 3. The van der Waals surface area contributed by atoms with Crippen LogP contribution in [0.1, 0.15) is 6.42 Å². The Bertz CT molecular complexity index is 409. The number of carbonyl (C=O) groups excluding carboxylic acids is 1. The van der Waals surface area contributed by atoms with E-state index in [9.17, 15) is 4.79 Å². The van der Waals surface area contributed by atoms with Crippen molar-refractivity contribution < 1.29 is 9.53 Å². The highest BCUT2D eigenvalue weighted by atomic mass is 35.5. The summed E-state index contributed by atoms with van der Waals surface area (Å²) in [4.78, 5) is 13.5. The summed E-state index contributed by atoms with van der Waals surface area (Å²) in [5.41, 5.74) is 6.90. The second kappa shape index (κ2) is 4.72. The Hall–Kier alpha value is -1.26. The van der Waals surface area contributed by atoms with Gasteiger partial charge in [0.2, 0.25) is 5.91 Å². The summed E-state index contributed by atoms with van der Waals surface area (Å²) < 4.78 is 5.25. The molecule has 0 radical (unpaired) electrons. The smallest absolute Gasteiger partial charge is 0.229 e. The largest absolute Gasteiger partial charge is 0.399 e. The first kappa shape index (κ1) is 11.2. The Morgan fingerprint density at radius 2 is 2.19 bits per heavy atom. The zero-order valence-corrected chi connectivity index (χ0v) is 9.54. The van der Waals surface area contributed by atoms with Gasteiger partial charge in [0.05, 0.1) is 30.3 Å². The van der Waals surface area contributed by atoms with E-state index in [-0.39, 0.29) is 5.91 Å². The van der Waals surface area contributed by atoms with Crippen molar-refractivity contribution in [2.45, 2.75) is 6.42 Å². The van der Waals surface area contributed by atoms with Gasteiger partial charge in [-0.15, -0.1) is 0 Å². The molecule has 0 aliphatic carbocycles. The number of ether oxygens (including phenoxy) is 1. The van der Waals surface area contributed by atoms with Crippen LogP contribution in [0.5, 0.6) is 0 Å². The molecular formula is C11H13ClN2O2. The van der Waals surface area contributed by atoms with Crippen LogP contribution in [0.4, 0.5) is 11.4 Å². The van der Waals surface area contributed by atoms with E-state index in [2.05, 4.69) is 0 Å². The maximum Gasteiger partial charge on any atom is 0.229 e. The highest BCUT2D eigenvalue weighted by molar-refractivity contribution is 6.34. The summed E-state index contributed by atoms with van der Waals surface area (Å²) >= 11 is 6.07. The Morgan fingerprint density at radius 1 is 1.38 bits per heavy atom. The first-order valence-corrected chi connectivity index (χ1v) is 5.49. The second-order valence-electron chi connectivity index (χ2n) is 3.62. The van der Waals surface area contributed by atoms with Crippen LogP contribution >= 0.6 is 11.6 Å². The first-order valence-electron chi connectivity index (χ1n) is 5.11. The quantitative estimate of drug-likeness (QED) is 0.760. The molecule has 2 rings (SSSR count). The van der Waals surface area contributed by atoms with Crippen molar-refractivity contribution in [1.29, 1.82) is 0 Å². The molecule has 1 saturated heterocycles. The zero-order valence-electron chi connectivity index (χ0n) is 8.78. The number of nitrogens with zero attached hydrogens (tertiary/aromatic N) is 1. The molecule has 1 fully saturated rings. The lowest BCUT2D eigenvalue weighted by atomic mass is 10.2. The summed E-state index contributed by atoms with van der Waals surface area (Å²) in [6.07, 6.45) is 0.390. The topological polar surface area (TPSA) is 55.6 Å². The molecule has 4 nitrogen and oxygen atoms in total. The molecule has 16 heavy (non-hydrogen) atoms. The third kappa shape index (κ3) is 2.28. The minimum Gasteiger partial charge on any atom is -0.399 e. The molecule has 1 heterocycles. The van der Waals surface area contributed by atoms with Crippen LogP contribution < -0.4 is 10.6 Å². The van der Waals surface area contributed by atoms with Crippen molar-refractivity contribution >= 4 is 28.9 Å². The van der Waals surface area contributed by atoms with E-state index < -0.39 is 0 Å². The predicted octanol–water partition coefficient (Wildman–Crippen LogP) is 1.68. The molecule has 1 aromatic carbocycles. The van der Waals surface area contributed by atoms with Crippen LogP contribution in [-0.2, 0) is 9.53 Å². The molecule has 0 aromatic heterocycles. The van der Waals surface area contributed by atoms with Gasteiger partial charge >= 0.3 is 0 Å². The lowest BCUT2D eigenvalue weighted by Gasteiger charge is -2.21. The summed E-state index contributed by atoms with van der Waals surface area (Å²) in [5.74, 6) is 0.0316. The Morgan fingerprint density at radius 3 is 2.94 bits per heavy atom. The van der Waals surface area contributed by atoms with Crippen molar-refractivity contribution in [2.75, 3.05) is 30.4 Å². The minimum absolute atomic E-state index is 0.0316. The number of halogens is 1. The van der Waals surface area contributed by atoms with Crippen molar-refractivity contribution in [1.82, 2.24) is 0 Å². The lowest BCUT2D eigenvalue weighted by Crippen LogP contribution is -2.31. The molecule has 1 amide bonds. The third-order valence-electron chi connectivity index (χ3n) is 2.48. The van der Waals surface area contributed by atoms with Crippen molar-refractivity contribution in [3.8, 4) is 0 Å². The summed E-state index contributed by atoms with van der Waals surface area (Å²) in [5, 5.41) is 0.496. The van der Waals surface area contributed by atoms with Gasteiger partial charge in [-0.2, -0.15) is 0 Å². The third-order valence-corrected chi connectivity index (χ3v) is 2.79. The standard InChI is InChI=1S/C11H13ClN2O2/c12-9-7-8(13)1-2-10(9)14-4-6-16-5-3-11(14)15/h1-2,7H,3-6,13H2. The van der Waals surface area contributed by atoms with Crippen LogP contribution in [0.2, 0.25) is 5.02 Å². The number of benzene rings is 1. The fourth-order valence-corrected chi connectivity index (χ4v) is 1.96. The van der Waals surface area contributed by atoms with Gasteiger partial charge < -0.3 is 15.4 Å². The predicted molar refractivity (Wildman–Crippen MR) is 63.7 cm³/mol. The molecule has 1 aliphatic heterocycles. The van der Waals surface area contributed by atoms with E-state index in [1.165, 1.54) is 0 Å². The molecule has 0 saturated carbocycles. The van der Waals surface area contributed by atoms with Gasteiger partial charge in [0, 0.05) is 12.2 Å². The maximum atomic E-state index is 11.8. The fraction of sp³-hybridized carbons (Fsp3) is 0.364. The monoisotopic (exact) mass is 240 g/mol. The molecule has 2 N–H and O–H groups in total. The van der Waals surface area contributed by atoms with Crippen LogP contribution in [0.15, 0.2) is 18.2 Å². The van der Waals surface area contributed by atoms with Gasteiger partial charge in [0.25, 0.3) is 0 Å². The normalized spacial score (nSPS) is 17.3. The van der Waals surface area contributed by atoms with Gasteiger partial charge in [-0.25, -0.2) is 0 Å².